The van der Waals surface area contributed by atoms with Crippen molar-refractivity contribution in [1.29, 1.82) is 5.26 Å². The number of rotatable bonds is 4. The SMILES string of the molecule is CC(Nc1ncccc1C#N)c1nc(C(=O)O)cs1. The van der Waals surface area contributed by atoms with Gasteiger partial charge in [0.15, 0.2) is 5.69 Å². The normalized spacial score (nSPS) is 11.6. The van der Waals surface area contributed by atoms with Gasteiger partial charge in [0.2, 0.25) is 0 Å². The van der Waals surface area contributed by atoms with Crippen LogP contribution >= 0.6 is 11.3 Å². The van der Waals surface area contributed by atoms with Crippen molar-refractivity contribution in [3.05, 3.63) is 40.0 Å². The van der Waals surface area contributed by atoms with Gasteiger partial charge in [0, 0.05) is 11.6 Å². The van der Waals surface area contributed by atoms with Gasteiger partial charge in [-0.05, 0) is 19.1 Å². The summed E-state index contributed by atoms with van der Waals surface area (Å²) in [7, 11) is 0. The zero-order valence-corrected chi connectivity index (χ0v) is 10.8. The fourth-order valence-corrected chi connectivity index (χ4v) is 2.26. The quantitative estimate of drug-likeness (QED) is 0.887. The highest BCUT2D eigenvalue weighted by Gasteiger charge is 2.15. The third-order valence-corrected chi connectivity index (χ3v) is 3.42. The Balaban J connectivity index is 2.18. The molecule has 1 atom stereocenters. The summed E-state index contributed by atoms with van der Waals surface area (Å²) in [4.78, 5) is 18.9. The fourth-order valence-electron chi connectivity index (χ4n) is 1.46. The van der Waals surface area contributed by atoms with Gasteiger partial charge in [-0.15, -0.1) is 11.3 Å². The van der Waals surface area contributed by atoms with Crippen molar-refractivity contribution in [3.63, 3.8) is 0 Å². The summed E-state index contributed by atoms with van der Waals surface area (Å²) < 4.78 is 0. The summed E-state index contributed by atoms with van der Waals surface area (Å²) in [6.07, 6.45) is 1.58. The average molecular weight is 274 g/mol. The number of thiazole rings is 1. The van der Waals surface area contributed by atoms with Gasteiger partial charge >= 0.3 is 5.97 Å². The van der Waals surface area contributed by atoms with Crippen LogP contribution in [0.4, 0.5) is 5.82 Å². The highest BCUT2D eigenvalue weighted by atomic mass is 32.1. The van der Waals surface area contributed by atoms with Gasteiger partial charge in [0.25, 0.3) is 0 Å². The first-order chi connectivity index (χ1) is 9.11. The first-order valence-corrected chi connectivity index (χ1v) is 6.30. The lowest BCUT2D eigenvalue weighted by Gasteiger charge is -2.12. The van der Waals surface area contributed by atoms with Crippen LogP contribution < -0.4 is 5.32 Å². The van der Waals surface area contributed by atoms with Gasteiger partial charge in [-0.25, -0.2) is 14.8 Å². The van der Waals surface area contributed by atoms with Crippen LogP contribution in [0.5, 0.6) is 0 Å². The molecule has 2 N–H and O–H groups in total. The third kappa shape index (κ3) is 2.86. The summed E-state index contributed by atoms with van der Waals surface area (Å²) in [6, 6.07) is 5.16. The van der Waals surface area contributed by atoms with E-state index in [1.54, 1.807) is 18.3 Å². The standard InChI is InChI=1S/C12H10N4O2S/c1-7(11-16-9(6-19-11)12(17)18)15-10-8(5-13)3-2-4-14-10/h2-4,6-7H,1H3,(H,14,15)(H,17,18). The minimum Gasteiger partial charge on any atom is -0.476 e. The van der Waals surface area contributed by atoms with E-state index in [0.29, 0.717) is 16.4 Å². The van der Waals surface area contributed by atoms with Crippen LogP contribution in [0.1, 0.15) is 34.0 Å². The van der Waals surface area contributed by atoms with Gasteiger partial charge in [0.1, 0.15) is 16.9 Å². The maximum atomic E-state index is 10.8. The third-order valence-electron chi connectivity index (χ3n) is 2.39. The number of anilines is 1. The number of nitrogens with zero attached hydrogens (tertiary/aromatic N) is 3. The van der Waals surface area contributed by atoms with E-state index in [0.717, 1.165) is 0 Å². The van der Waals surface area contributed by atoms with Crippen molar-refractivity contribution in [2.24, 2.45) is 0 Å². The molecule has 0 saturated carbocycles. The van der Waals surface area contributed by atoms with Gasteiger partial charge in [-0.3, -0.25) is 0 Å². The molecule has 0 aliphatic heterocycles. The highest BCUT2D eigenvalue weighted by molar-refractivity contribution is 7.09. The van der Waals surface area contributed by atoms with E-state index < -0.39 is 5.97 Å². The Morgan fingerprint density at radius 2 is 2.42 bits per heavy atom. The number of hydrogen-bond acceptors (Lipinski definition) is 6. The summed E-state index contributed by atoms with van der Waals surface area (Å²) >= 11 is 1.25. The summed E-state index contributed by atoms with van der Waals surface area (Å²) in [5.74, 6) is -0.588. The molecule has 0 fully saturated rings. The van der Waals surface area contributed by atoms with Crippen LogP contribution in [-0.4, -0.2) is 21.0 Å². The molecule has 6 nitrogen and oxygen atoms in total. The van der Waals surface area contributed by atoms with Crippen molar-refractivity contribution in [2.45, 2.75) is 13.0 Å². The Kier molecular flexibility index (Phi) is 3.73. The Bertz CT molecular complexity index is 647. The Morgan fingerprint density at radius 3 is 3.05 bits per heavy atom. The van der Waals surface area contributed by atoms with Crippen LogP contribution in [0, 0.1) is 11.3 Å². The molecule has 19 heavy (non-hydrogen) atoms. The molecule has 0 radical (unpaired) electrons. The number of carboxylic acids is 1. The second-order valence-corrected chi connectivity index (χ2v) is 4.64. The van der Waals surface area contributed by atoms with E-state index in [9.17, 15) is 4.79 Å². The lowest BCUT2D eigenvalue weighted by Crippen LogP contribution is -2.09. The first kappa shape index (κ1) is 13.0. The minimum atomic E-state index is -1.05. The monoisotopic (exact) mass is 274 g/mol. The number of nitriles is 1. The van der Waals surface area contributed by atoms with Crippen LogP contribution in [0.2, 0.25) is 0 Å². The van der Waals surface area contributed by atoms with E-state index in [1.165, 1.54) is 16.7 Å². The Hall–Kier alpha value is -2.46. The Morgan fingerprint density at radius 1 is 1.63 bits per heavy atom. The average Bonchev–Trinajstić information content (AvgIpc) is 2.89. The van der Waals surface area contributed by atoms with E-state index >= 15 is 0 Å². The van der Waals surface area contributed by atoms with Crippen molar-refractivity contribution in [2.75, 3.05) is 5.32 Å². The Labute approximate surface area is 113 Å². The molecule has 7 heteroatoms. The van der Waals surface area contributed by atoms with Gasteiger partial charge in [-0.1, -0.05) is 0 Å². The van der Waals surface area contributed by atoms with Crippen LogP contribution in [-0.2, 0) is 0 Å². The maximum absolute atomic E-state index is 10.8. The predicted octanol–water partition coefficient (Wildman–Crippen LogP) is 2.28. The van der Waals surface area contributed by atoms with Gasteiger partial charge in [0.05, 0.1) is 11.6 Å². The number of aromatic nitrogens is 2. The van der Waals surface area contributed by atoms with Crippen LogP contribution in [0.15, 0.2) is 23.7 Å². The maximum Gasteiger partial charge on any atom is 0.355 e. The molecule has 96 valence electrons. The molecule has 0 saturated heterocycles. The molecular weight excluding hydrogens is 264 g/mol. The molecule has 0 amide bonds. The lowest BCUT2D eigenvalue weighted by molar-refractivity contribution is 0.0691. The summed E-state index contributed by atoms with van der Waals surface area (Å²) in [6.45, 7) is 1.83. The van der Waals surface area contributed by atoms with E-state index in [4.69, 9.17) is 10.4 Å². The van der Waals surface area contributed by atoms with Crippen molar-refractivity contribution in [3.8, 4) is 6.07 Å². The summed E-state index contributed by atoms with van der Waals surface area (Å²) in [5, 5.41) is 22.9. The molecule has 2 rings (SSSR count). The van der Waals surface area contributed by atoms with E-state index in [2.05, 4.69) is 15.3 Å². The first-order valence-electron chi connectivity index (χ1n) is 5.42. The number of carbonyl (C=O) groups is 1. The van der Waals surface area contributed by atoms with E-state index in [1.807, 2.05) is 13.0 Å². The molecule has 0 spiro atoms. The number of hydrogen-bond donors (Lipinski definition) is 2. The number of nitrogens with one attached hydrogen (secondary N) is 1. The molecule has 2 aromatic heterocycles. The van der Waals surface area contributed by atoms with Gasteiger partial charge < -0.3 is 10.4 Å². The molecule has 0 aromatic carbocycles. The predicted molar refractivity (Wildman–Crippen MR) is 70.1 cm³/mol. The molecule has 0 aliphatic rings. The van der Waals surface area contributed by atoms with Crippen LogP contribution in [0.25, 0.3) is 0 Å². The van der Waals surface area contributed by atoms with Gasteiger partial charge in [-0.2, -0.15) is 5.26 Å². The van der Waals surface area contributed by atoms with Crippen molar-refractivity contribution < 1.29 is 9.90 Å². The van der Waals surface area contributed by atoms with Crippen molar-refractivity contribution >= 4 is 23.1 Å². The molecule has 2 aromatic rings. The topological polar surface area (TPSA) is 98.9 Å². The lowest BCUT2D eigenvalue weighted by atomic mass is 10.2. The fraction of sp³-hybridized carbons (Fsp3) is 0.167. The molecule has 0 aliphatic carbocycles. The molecule has 2 heterocycles. The second kappa shape index (κ2) is 5.46. The smallest absolute Gasteiger partial charge is 0.355 e. The highest BCUT2D eigenvalue weighted by Crippen LogP contribution is 2.23. The second-order valence-electron chi connectivity index (χ2n) is 3.75. The van der Waals surface area contributed by atoms with Crippen LogP contribution in [0.3, 0.4) is 0 Å². The number of pyridine rings is 1. The minimum absolute atomic E-state index is 0.0233. The number of carboxylic acid groups (broad SMARTS) is 1. The number of aromatic carboxylic acids is 1. The molecular formula is C12H10N4O2S. The molecule has 0 bridgehead atoms. The molecule has 1 unspecified atom stereocenters. The zero-order valence-electron chi connectivity index (χ0n) is 9.99. The zero-order chi connectivity index (χ0) is 13.8. The largest absolute Gasteiger partial charge is 0.476 e. The summed E-state index contributed by atoms with van der Waals surface area (Å²) in [5.41, 5.74) is 0.458. The van der Waals surface area contributed by atoms with E-state index in [-0.39, 0.29) is 11.7 Å². The van der Waals surface area contributed by atoms with Crippen molar-refractivity contribution in [1.82, 2.24) is 9.97 Å².